The van der Waals surface area contributed by atoms with E-state index < -0.39 is 0 Å². The molecule has 5 rings (SSSR count). The van der Waals surface area contributed by atoms with Gasteiger partial charge in [-0.15, -0.1) is 0 Å². The zero-order valence-electron chi connectivity index (χ0n) is 20.2. The minimum Gasteiger partial charge on any atom is -0.497 e. The molecule has 0 saturated heterocycles. The van der Waals surface area contributed by atoms with Gasteiger partial charge in [0.25, 0.3) is 11.5 Å². The summed E-state index contributed by atoms with van der Waals surface area (Å²) in [6, 6.07) is 18.2. The first-order valence-electron chi connectivity index (χ1n) is 11.9. The summed E-state index contributed by atoms with van der Waals surface area (Å²) in [6.07, 6.45) is 1.76. The van der Waals surface area contributed by atoms with E-state index in [0.29, 0.717) is 34.9 Å². The molecule has 0 spiro atoms. The van der Waals surface area contributed by atoms with Crippen molar-refractivity contribution >= 4 is 23.1 Å². The molecule has 0 unspecified atom stereocenters. The zero-order chi connectivity index (χ0) is 25.2. The molecule has 2 aromatic heterocycles. The average molecular weight is 486 g/mol. The summed E-state index contributed by atoms with van der Waals surface area (Å²) in [5, 5.41) is 7.41. The van der Waals surface area contributed by atoms with Crippen molar-refractivity contribution in [1.82, 2.24) is 19.1 Å². The molecule has 9 heteroatoms. The van der Waals surface area contributed by atoms with Gasteiger partial charge in [0, 0.05) is 23.9 Å². The minimum atomic E-state index is -0.332. The number of fused-ring (bicyclic) bond motifs is 2. The number of ether oxygens (including phenoxy) is 1. The van der Waals surface area contributed by atoms with Crippen LogP contribution < -0.4 is 15.6 Å². The van der Waals surface area contributed by atoms with E-state index in [4.69, 9.17) is 4.74 Å². The summed E-state index contributed by atoms with van der Waals surface area (Å²) in [4.78, 5) is 41.6. The fourth-order valence-corrected chi connectivity index (χ4v) is 4.48. The predicted molar refractivity (Wildman–Crippen MR) is 136 cm³/mol. The first-order chi connectivity index (χ1) is 17.5. The van der Waals surface area contributed by atoms with Crippen molar-refractivity contribution in [3.8, 4) is 17.0 Å². The number of hydrogen-bond acceptors (Lipinski definition) is 5. The molecule has 4 aromatic rings. The van der Waals surface area contributed by atoms with Gasteiger partial charge in [-0.3, -0.25) is 14.4 Å². The Morgan fingerprint density at radius 1 is 1.08 bits per heavy atom. The SMILES string of the molecule is CCCCN1Cc2c(n(CC(=O)Nc3ccc(OC)cc3)c3cc(-c4ccccc4)nn3c2=O)C1=O. The van der Waals surface area contributed by atoms with E-state index in [1.165, 1.54) is 4.52 Å². The third-order valence-corrected chi connectivity index (χ3v) is 6.34. The van der Waals surface area contributed by atoms with Crippen molar-refractivity contribution in [2.45, 2.75) is 32.9 Å². The molecule has 184 valence electrons. The Bertz CT molecular complexity index is 1490. The van der Waals surface area contributed by atoms with Gasteiger partial charge in [0.2, 0.25) is 5.91 Å². The first kappa shape index (κ1) is 23.3. The highest BCUT2D eigenvalue weighted by molar-refractivity contribution is 5.98. The van der Waals surface area contributed by atoms with Crippen molar-refractivity contribution in [2.24, 2.45) is 0 Å². The van der Waals surface area contributed by atoms with E-state index in [-0.39, 0.29) is 36.2 Å². The Kier molecular flexibility index (Phi) is 6.28. The second kappa shape index (κ2) is 9.69. The molecule has 1 N–H and O–H groups in total. The van der Waals surface area contributed by atoms with Crippen LogP contribution >= 0.6 is 0 Å². The van der Waals surface area contributed by atoms with Crippen LogP contribution in [0.3, 0.4) is 0 Å². The van der Waals surface area contributed by atoms with Crippen molar-refractivity contribution in [2.75, 3.05) is 19.0 Å². The monoisotopic (exact) mass is 485 g/mol. The number of unbranched alkanes of at least 4 members (excludes halogenated alkanes) is 1. The summed E-state index contributed by atoms with van der Waals surface area (Å²) in [5.74, 6) is 0.117. The number of rotatable bonds is 8. The third kappa shape index (κ3) is 4.24. The highest BCUT2D eigenvalue weighted by Crippen LogP contribution is 2.26. The number of amides is 2. The van der Waals surface area contributed by atoms with Crippen molar-refractivity contribution in [3.05, 3.63) is 82.3 Å². The molecular weight excluding hydrogens is 458 g/mol. The number of methoxy groups -OCH3 is 1. The van der Waals surface area contributed by atoms with Gasteiger partial charge in [0.05, 0.1) is 24.9 Å². The largest absolute Gasteiger partial charge is 0.497 e. The van der Waals surface area contributed by atoms with Crippen LogP contribution in [0.15, 0.2) is 65.5 Å². The molecule has 36 heavy (non-hydrogen) atoms. The molecule has 0 atom stereocenters. The van der Waals surface area contributed by atoms with Crippen LogP contribution in [0.5, 0.6) is 5.75 Å². The third-order valence-electron chi connectivity index (χ3n) is 6.34. The van der Waals surface area contributed by atoms with Gasteiger partial charge in [-0.25, -0.2) is 0 Å². The molecule has 1 aliphatic heterocycles. The Hall–Kier alpha value is -4.40. The van der Waals surface area contributed by atoms with Crippen LogP contribution in [0.25, 0.3) is 16.9 Å². The highest BCUT2D eigenvalue weighted by atomic mass is 16.5. The number of nitrogens with zero attached hydrogens (tertiary/aromatic N) is 4. The number of hydrogen-bond donors (Lipinski definition) is 1. The Morgan fingerprint density at radius 2 is 1.83 bits per heavy atom. The van der Waals surface area contributed by atoms with Crippen molar-refractivity contribution in [1.29, 1.82) is 0 Å². The molecule has 0 radical (unpaired) electrons. The molecule has 0 bridgehead atoms. The highest BCUT2D eigenvalue weighted by Gasteiger charge is 2.34. The van der Waals surface area contributed by atoms with Crippen molar-refractivity contribution < 1.29 is 14.3 Å². The van der Waals surface area contributed by atoms with Crippen molar-refractivity contribution in [3.63, 3.8) is 0 Å². The van der Waals surface area contributed by atoms with Gasteiger partial charge in [0.15, 0.2) is 0 Å². The molecule has 0 saturated carbocycles. The average Bonchev–Trinajstić information content (AvgIpc) is 3.49. The molecular formula is C27H27N5O4. The van der Waals surface area contributed by atoms with E-state index in [0.717, 1.165) is 18.4 Å². The normalized spacial score (nSPS) is 12.7. The predicted octanol–water partition coefficient (Wildman–Crippen LogP) is 3.57. The van der Waals surface area contributed by atoms with Gasteiger partial charge < -0.3 is 19.5 Å². The molecule has 9 nitrogen and oxygen atoms in total. The number of nitrogens with one attached hydrogen (secondary N) is 1. The van der Waals surface area contributed by atoms with Crippen LogP contribution in [-0.4, -0.2) is 44.6 Å². The second-order valence-electron chi connectivity index (χ2n) is 8.74. The van der Waals surface area contributed by atoms with Gasteiger partial charge >= 0.3 is 0 Å². The lowest BCUT2D eigenvalue weighted by atomic mass is 10.1. The van der Waals surface area contributed by atoms with Gasteiger partial charge in [0.1, 0.15) is 23.6 Å². The number of carbonyl (C=O) groups excluding carboxylic acids is 2. The maximum Gasteiger partial charge on any atom is 0.280 e. The van der Waals surface area contributed by atoms with E-state index in [9.17, 15) is 14.4 Å². The van der Waals surface area contributed by atoms with Gasteiger partial charge in [-0.05, 0) is 30.7 Å². The molecule has 2 aromatic carbocycles. The lowest BCUT2D eigenvalue weighted by Crippen LogP contribution is -2.30. The topological polar surface area (TPSA) is 97.9 Å². The number of aromatic nitrogens is 3. The van der Waals surface area contributed by atoms with Crippen LogP contribution in [0.2, 0.25) is 0 Å². The summed E-state index contributed by atoms with van der Waals surface area (Å²) < 4.78 is 8.09. The standard InChI is InChI=1S/C27H27N5O4/c1-3-4-14-30-16-21-25(27(30)35)31(17-23(33)28-19-10-12-20(36-2)13-11-19)24-15-22(29-32(24)26(21)34)18-8-6-5-7-9-18/h5-13,15H,3-4,14,16-17H2,1-2H3,(H,28,33). The van der Waals surface area contributed by atoms with Crippen LogP contribution in [0.4, 0.5) is 5.69 Å². The van der Waals surface area contributed by atoms with E-state index >= 15 is 0 Å². The molecule has 3 heterocycles. The number of benzene rings is 2. The van der Waals surface area contributed by atoms with Gasteiger partial charge in [-0.2, -0.15) is 9.61 Å². The van der Waals surface area contributed by atoms with Crippen LogP contribution in [0.1, 0.15) is 35.8 Å². The maximum atomic E-state index is 13.4. The first-order valence-corrected chi connectivity index (χ1v) is 11.9. The Morgan fingerprint density at radius 3 is 2.53 bits per heavy atom. The molecule has 2 amide bonds. The molecule has 0 aliphatic carbocycles. The van der Waals surface area contributed by atoms with E-state index in [2.05, 4.69) is 17.3 Å². The zero-order valence-corrected chi connectivity index (χ0v) is 20.2. The number of carbonyl (C=O) groups is 2. The minimum absolute atomic E-state index is 0.147. The van der Waals surface area contributed by atoms with E-state index in [1.54, 1.807) is 46.9 Å². The maximum absolute atomic E-state index is 13.4. The smallest absolute Gasteiger partial charge is 0.280 e. The van der Waals surface area contributed by atoms with Crippen LogP contribution in [0, 0.1) is 0 Å². The lowest BCUT2D eigenvalue weighted by Gasteiger charge is -2.16. The fourth-order valence-electron chi connectivity index (χ4n) is 4.48. The molecule has 1 aliphatic rings. The Labute approximate surface area is 207 Å². The van der Waals surface area contributed by atoms with Crippen LogP contribution in [-0.2, 0) is 17.9 Å². The summed E-state index contributed by atoms with van der Waals surface area (Å²) in [7, 11) is 1.58. The summed E-state index contributed by atoms with van der Waals surface area (Å²) in [6.45, 7) is 2.67. The van der Waals surface area contributed by atoms with E-state index in [1.807, 2.05) is 30.3 Å². The fraction of sp³-hybridized carbons (Fsp3) is 0.259. The summed E-state index contributed by atoms with van der Waals surface area (Å²) in [5.41, 5.74) is 2.72. The summed E-state index contributed by atoms with van der Waals surface area (Å²) >= 11 is 0. The molecule has 0 fully saturated rings. The Balaban J connectivity index is 1.57. The number of anilines is 1. The van der Waals surface area contributed by atoms with Gasteiger partial charge in [-0.1, -0.05) is 43.7 Å². The lowest BCUT2D eigenvalue weighted by molar-refractivity contribution is -0.116. The second-order valence-corrected chi connectivity index (χ2v) is 8.74. The quantitative estimate of drug-likeness (QED) is 0.412.